The third kappa shape index (κ3) is 6.72. The molecule has 230 valence electrons. The largest absolute Gasteiger partial charge is 0.481 e. The van der Waals surface area contributed by atoms with Crippen LogP contribution in [-0.4, -0.2) is 46.1 Å². The highest BCUT2D eigenvalue weighted by Gasteiger charge is 2.57. The first-order valence-electron chi connectivity index (χ1n) is 14.4. The van der Waals surface area contributed by atoms with Crippen molar-refractivity contribution in [2.75, 3.05) is 7.11 Å². The van der Waals surface area contributed by atoms with E-state index in [-0.39, 0.29) is 17.5 Å². The smallest absolute Gasteiger partial charge is 0.326 e. The molecule has 9 heteroatoms. The normalized spacial score (nSPS) is 20.7. The van der Waals surface area contributed by atoms with Gasteiger partial charge in [0.15, 0.2) is 0 Å². The van der Waals surface area contributed by atoms with E-state index in [1.54, 1.807) is 13.3 Å². The van der Waals surface area contributed by atoms with Crippen molar-refractivity contribution in [2.45, 2.75) is 78.0 Å². The maximum Gasteiger partial charge on any atom is 0.326 e. The van der Waals surface area contributed by atoms with Gasteiger partial charge in [0.05, 0.1) is 19.6 Å². The summed E-state index contributed by atoms with van der Waals surface area (Å²) in [4.78, 5) is 32.9. The predicted molar refractivity (Wildman–Crippen MR) is 161 cm³/mol. The SMILES string of the molecule is COc1ncc(C(C)(C)C)cc1CN[C@H]1[C@H](C(C)(C)C)[C@@H](C(=O)O)N(C(=O)Cc2c(F)cccc2F)[C@H]1c1ccccc1. The van der Waals surface area contributed by atoms with Gasteiger partial charge in [-0.1, -0.05) is 77.9 Å². The quantitative estimate of drug-likeness (QED) is 0.330. The fourth-order valence-corrected chi connectivity index (χ4v) is 6.15. The van der Waals surface area contributed by atoms with Gasteiger partial charge in [-0.2, -0.15) is 0 Å². The number of carboxylic acids is 1. The molecule has 4 atom stereocenters. The Labute approximate surface area is 252 Å². The van der Waals surface area contributed by atoms with E-state index in [2.05, 4.69) is 31.1 Å². The molecule has 1 aliphatic heterocycles. The topological polar surface area (TPSA) is 91.8 Å². The number of amides is 1. The molecular weight excluding hydrogens is 552 g/mol. The van der Waals surface area contributed by atoms with E-state index in [0.717, 1.165) is 23.3 Å². The predicted octanol–water partition coefficient (Wildman–Crippen LogP) is 6.07. The highest BCUT2D eigenvalue weighted by atomic mass is 19.1. The Morgan fingerprint density at radius 3 is 2.16 bits per heavy atom. The summed E-state index contributed by atoms with van der Waals surface area (Å²) in [6, 6.07) is 12.1. The number of benzene rings is 2. The van der Waals surface area contributed by atoms with Crippen LogP contribution in [0.4, 0.5) is 8.78 Å². The van der Waals surface area contributed by atoms with Gasteiger partial charge in [-0.25, -0.2) is 18.6 Å². The maximum absolute atomic E-state index is 14.7. The lowest BCUT2D eigenvalue weighted by molar-refractivity contribution is -0.152. The Kier molecular flexibility index (Phi) is 9.25. The van der Waals surface area contributed by atoms with E-state index >= 15 is 0 Å². The van der Waals surface area contributed by atoms with Crippen molar-refractivity contribution in [3.8, 4) is 5.88 Å². The number of halogens is 2. The van der Waals surface area contributed by atoms with Crippen molar-refractivity contribution in [1.29, 1.82) is 0 Å². The van der Waals surface area contributed by atoms with Crippen LogP contribution in [0.25, 0.3) is 0 Å². The van der Waals surface area contributed by atoms with Crippen molar-refractivity contribution in [2.24, 2.45) is 11.3 Å². The zero-order chi connectivity index (χ0) is 31.7. The number of pyridine rings is 1. The number of hydrogen-bond donors (Lipinski definition) is 2. The molecule has 0 radical (unpaired) electrons. The average molecular weight is 594 g/mol. The lowest BCUT2D eigenvalue weighted by Gasteiger charge is -2.35. The Morgan fingerprint density at radius 2 is 1.63 bits per heavy atom. The second-order valence-corrected chi connectivity index (χ2v) is 13.3. The van der Waals surface area contributed by atoms with Gasteiger partial charge in [-0.3, -0.25) is 4.79 Å². The molecule has 1 aromatic heterocycles. The average Bonchev–Trinajstić information content (AvgIpc) is 3.30. The van der Waals surface area contributed by atoms with Gasteiger partial charge in [0.1, 0.15) is 17.7 Å². The van der Waals surface area contributed by atoms with Gasteiger partial charge in [0.25, 0.3) is 0 Å². The third-order valence-corrected chi connectivity index (χ3v) is 8.25. The van der Waals surface area contributed by atoms with E-state index in [1.807, 2.05) is 57.2 Å². The fourth-order valence-electron chi connectivity index (χ4n) is 6.15. The van der Waals surface area contributed by atoms with Crippen molar-refractivity contribution in [3.63, 3.8) is 0 Å². The van der Waals surface area contributed by atoms with Gasteiger partial charge >= 0.3 is 5.97 Å². The Balaban J connectivity index is 1.83. The summed E-state index contributed by atoms with van der Waals surface area (Å²) in [7, 11) is 1.55. The number of nitrogens with one attached hydrogen (secondary N) is 1. The second kappa shape index (κ2) is 12.4. The van der Waals surface area contributed by atoms with E-state index in [0.29, 0.717) is 11.4 Å². The van der Waals surface area contributed by atoms with Gasteiger partial charge in [-0.15, -0.1) is 0 Å². The van der Waals surface area contributed by atoms with Gasteiger partial charge < -0.3 is 20.1 Å². The first-order valence-corrected chi connectivity index (χ1v) is 14.4. The molecule has 43 heavy (non-hydrogen) atoms. The minimum absolute atomic E-state index is 0.165. The van der Waals surface area contributed by atoms with E-state index in [4.69, 9.17) is 4.74 Å². The number of methoxy groups -OCH3 is 1. The van der Waals surface area contributed by atoms with Crippen LogP contribution >= 0.6 is 0 Å². The monoisotopic (exact) mass is 593 g/mol. The van der Waals surface area contributed by atoms with E-state index in [9.17, 15) is 23.5 Å². The van der Waals surface area contributed by atoms with Crippen LogP contribution in [0.2, 0.25) is 0 Å². The van der Waals surface area contributed by atoms with Crippen LogP contribution in [0.5, 0.6) is 5.88 Å². The fraction of sp³-hybridized carbons (Fsp3) is 0.441. The van der Waals surface area contributed by atoms with Crippen LogP contribution < -0.4 is 10.1 Å². The van der Waals surface area contributed by atoms with Crippen molar-refractivity contribution in [1.82, 2.24) is 15.2 Å². The summed E-state index contributed by atoms with van der Waals surface area (Å²) in [6.45, 7) is 12.4. The third-order valence-electron chi connectivity index (χ3n) is 8.25. The molecule has 1 amide bonds. The molecule has 0 spiro atoms. The van der Waals surface area contributed by atoms with Crippen LogP contribution in [0.1, 0.15) is 69.8 Å². The summed E-state index contributed by atoms with van der Waals surface area (Å²) in [5.74, 6) is -3.68. The Bertz CT molecular complexity index is 1450. The van der Waals surface area contributed by atoms with Crippen LogP contribution in [-0.2, 0) is 28.0 Å². The molecule has 0 bridgehead atoms. The van der Waals surface area contributed by atoms with Gasteiger partial charge in [-0.05, 0) is 40.2 Å². The molecule has 0 aliphatic carbocycles. The number of rotatable bonds is 8. The molecule has 2 N–H and O–H groups in total. The molecule has 4 rings (SSSR count). The van der Waals surface area contributed by atoms with Crippen molar-refractivity contribution >= 4 is 11.9 Å². The zero-order valence-corrected chi connectivity index (χ0v) is 25.8. The number of carbonyl (C=O) groups excluding carboxylic acids is 1. The molecule has 0 unspecified atom stereocenters. The highest BCUT2D eigenvalue weighted by molar-refractivity contribution is 5.87. The number of ether oxygens (including phenoxy) is 1. The first kappa shape index (κ1) is 32.1. The maximum atomic E-state index is 14.7. The molecule has 2 aromatic carbocycles. The lowest BCUT2D eigenvalue weighted by Crippen LogP contribution is -2.48. The molecule has 1 fully saturated rings. The molecule has 7 nitrogen and oxygen atoms in total. The summed E-state index contributed by atoms with van der Waals surface area (Å²) < 4.78 is 34.9. The van der Waals surface area contributed by atoms with Crippen molar-refractivity contribution < 1.29 is 28.2 Å². The number of nitrogens with zero attached hydrogens (tertiary/aromatic N) is 2. The van der Waals surface area contributed by atoms with Crippen LogP contribution in [0.3, 0.4) is 0 Å². The molecule has 2 heterocycles. The lowest BCUT2D eigenvalue weighted by atomic mass is 9.72. The number of hydrogen-bond acceptors (Lipinski definition) is 5. The summed E-state index contributed by atoms with van der Waals surface area (Å²) in [6.07, 6.45) is 1.17. The van der Waals surface area contributed by atoms with Crippen LogP contribution in [0.15, 0.2) is 60.8 Å². The number of likely N-dealkylation sites (tertiary alicyclic amines) is 1. The minimum atomic E-state index is -1.26. The number of carboxylic acid groups (broad SMARTS) is 1. The van der Waals surface area contributed by atoms with E-state index < -0.39 is 59.4 Å². The second-order valence-electron chi connectivity index (χ2n) is 13.3. The standard InChI is InChI=1S/C34H41F2N3O4/c1-33(2,3)22-16-21(31(43-7)38-19-22)18-37-28-27(34(4,5)6)30(32(41)42)39(29(28)20-12-9-8-10-13-20)26(40)17-23-24(35)14-11-15-25(23)36/h8-16,19,27-30,37H,17-18H2,1-7H3,(H,41,42)/t27-,28-,29-,30-/m0/s1. The molecule has 3 aromatic rings. The molecule has 0 saturated carbocycles. The Morgan fingerprint density at radius 1 is 1.00 bits per heavy atom. The number of aliphatic carboxylic acids is 1. The number of carbonyl (C=O) groups is 2. The minimum Gasteiger partial charge on any atom is -0.481 e. The summed E-state index contributed by atoms with van der Waals surface area (Å²) in [5.41, 5.74) is 1.38. The highest BCUT2D eigenvalue weighted by Crippen LogP contribution is 2.48. The summed E-state index contributed by atoms with van der Waals surface area (Å²) >= 11 is 0. The molecule has 1 aliphatic rings. The van der Waals surface area contributed by atoms with Crippen LogP contribution in [0, 0.1) is 23.0 Å². The van der Waals surface area contributed by atoms with Gasteiger partial charge in [0.2, 0.25) is 11.8 Å². The number of aromatic nitrogens is 1. The molecular formula is C34H41F2N3O4. The summed E-state index contributed by atoms with van der Waals surface area (Å²) in [5, 5.41) is 14.2. The molecule has 1 saturated heterocycles. The van der Waals surface area contributed by atoms with Gasteiger partial charge in [0, 0.05) is 35.8 Å². The van der Waals surface area contributed by atoms with Crippen molar-refractivity contribution in [3.05, 3.63) is 94.7 Å². The van der Waals surface area contributed by atoms with E-state index in [1.165, 1.54) is 11.0 Å². The zero-order valence-electron chi connectivity index (χ0n) is 25.8. The Hall–Kier alpha value is -3.85. The first-order chi connectivity index (χ1) is 20.1.